The van der Waals surface area contributed by atoms with E-state index in [0.29, 0.717) is 5.69 Å². The van der Waals surface area contributed by atoms with Crippen LogP contribution in [0.15, 0.2) is 36.7 Å². The molecule has 4 heteroatoms. The van der Waals surface area contributed by atoms with Gasteiger partial charge in [-0.1, -0.05) is 50.7 Å². The topological polar surface area (TPSA) is 17.8 Å². The number of rotatable bonds is 4. The third-order valence-electron chi connectivity index (χ3n) is 5.90. The summed E-state index contributed by atoms with van der Waals surface area (Å²) in [5.74, 6) is -0.149. The van der Waals surface area contributed by atoms with Crippen molar-refractivity contribution in [3.8, 4) is 5.69 Å². The number of nitrogens with zero attached hydrogens (tertiary/aromatic N) is 2. The number of benzene rings is 1. The van der Waals surface area contributed by atoms with Crippen molar-refractivity contribution in [3.63, 3.8) is 0 Å². The van der Waals surface area contributed by atoms with Crippen LogP contribution in [-0.4, -0.2) is 20.9 Å². The lowest BCUT2D eigenvalue weighted by Gasteiger charge is -2.38. The summed E-state index contributed by atoms with van der Waals surface area (Å²) in [5, 5.41) is 0. The van der Waals surface area contributed by atoms with Gasteiger partial charge in [-0.15, -0.1) is 0 Å². The smallest absolute Gasteiger partial charge is 0.147 e. The van der Waals surface area contributed by atoms with Gasteiger partial charge < -0.3 is 0 Å². The zero-order valence-electron chi connectivity index (χ0n) is 14.9. The molecule has 2 nitrogen and oxygen atoms in total. The lowest BCUT2D eigenvalue weighted by atomic mass is 9.99. The molecule has 2 aromatic rings. The second-order valence-corrected chi connectivity index (χ2v) is 10.2. The van der Waals surface area contributed by atoms with Crippen LogP contribution in [0.5, 0.6) is 0 Å². The van der Waals surface area contributed by atoms with Crippen molar-refractivity contribution in [2.45, 2.75) is 75.5 Å². The number of hydrogen-bond acceptors (Lipinski definition) is 1. The second kappa shape index (κ2) is 7.99. The molecule has 1 heterocycles. The van der Waals surface area contributed by atoms with Crippen LogP contribution < -0.4 is 5.57 Å². The van der Waals surface area contributed by atoms with Crippen molar-refractivity contribution in [1.29, 1.82) is 0 Å². The second-order valence-electron chi connectivity index (χ2n) is 7.54. The van der Waals surface area contributed by atoms with E-state index in [9.17, 15) is 4.39 Å². The maximum atomic E-state index is 14.4. The zero-order chi connectivity index (χ0) is 17.1. The molecule has 0 atom stereocenters. The standard InChI is InChI=1S/C21H28FN2P/c22-19-13-7-8-14-20(19)24-16-15-23-21(24)25(17-9-3-1-4-10-17)18-11-5-2-6-12-18/h7-8,13-18H,1-6,9-12H2. The lowest BCUT2D eigenvalue weighted by molar-refractivity contribution is 0.486. The minimum absolute atomic E-state index is 0.149. The summed E-state index contributed by atoms with van der Waals surface area (Å²) in [7, 11) is -0.327. The summed E-state index contributed by atoms with van der Waals surface area (Å²) in [6.45, 7) is 0. The maximum absolute atomic E-state index is 14.4. The Labute approximate surface area is 151 Å². The molecule has 1 aromatic carbocycles. The van der Waals surface area contributed by atoms with Crippen molar-refractivity contribution < 1.29 is 4.39 Å². The van der Waals surface area contributed by atoms with Crippen molar-refractivity contribution in [3.05, 3.63) is 42.5 Å². The summed E-state index contributed by atoms with van der Waals surface area (Å²) >= 11 is 0. The van der Waals surface area contributed by atoms with Crippen molar-refractivity contribution in [2.75, 3.05) is 0 Å². The molecule has 134 valence electrons. The lowest BCUT2D eigenvalue weighted by Crippen LogP contribution is -2.30. The fraction of sp³-hybridized carbons (Fsp3) is 0.571. The predicted octanol–water partition coefficient (Wildman–Crippen LogP) is 5.78. The van der Waals surface area contributed by atoms with E-state index in [4.69, 9.17) is 4.98 Å². The quantitative estimate of drug-likeness (QED) is 0.633. The van der Waals surface area contributed by atoms with Crippen LogP contribution in [-0.2, 0) is 0 Å². The molecular weight excluding hydrogens is 330 g/mol. The average Bonchev–Trinajstić information content (AvgIpc) is 3.13. The van der Waals surface area contributed by atoms with Crippen molar-refractivity contribution in [2.24, 2.45) is 0 Å². The fourth-order valence-corrected chi connectivity index (χ4v) is 8.38. The summed E-state index contributed by atoms with van der Waals surface area (Å²) in [5.41, 5.74) is 3.38. The van der Waals surface area contributed by atoms with Gasteiger partial charge in [-0.3, -0.25) is 4.57 Å². The molecule has 4 rings (SSSR count). The van der Waals surface area contributed by atoms with E-state index in [2.05, 4.69) is 4.57 Å². The Hall–Kier alpha value is -1.21. The van der Waals surface area contributed by atoms with Crippen LogP contribution in [0.2, 0.25) is 0 Å². The minimum Gasteiger partial charge on any atom is -0.297 e. The zero-order valence-corrected chi connectivity index (χ0v) is 15.8. The molecule has 0 amide bonds. The van der Waals surface area contributed by atoms with Gasteiger partial charge in [-0.25, -0.2) is 9.37 Å². The Kier molecular flexibility index (Phi) is 5.51. The van der Waals surface area contributed by atoms with E-state index in [-0.39, 0.29) is 13.7 Å². The van der Waals surface area contributed by atoms with Crippen LogP contribution >= 0.6 is 7.92 Å². The van der Waals surface area contributed by atoms with E-state index < -0.39 is 0 Å². The number of aromatic nitrogens is 2. The summed E-state index contributed by atoms with van der Waals surface area (Å²) in [6, 6.07) is 7.13. The monoisotopic (exact) mass is 358 g/mol. The van der Waals surface area contributed by atoms with Crippen LogP contribution in [0.4, 0.5) is 4.39 Å². The Bertz CT molecular complexity index is 669. The largest absolute Gasteiger partial charge is 0.297 e. The Morgan fingerprint density at radius 3 is 2.08 bits per heavy atom. The van der Waals surface area contributed by atoms with E-state index in [1.54, 1.807) is 12.1 Å². The van der Waals surface area contributed by atoms with E-state index in [0.717, 1.165) is 11.3 Å². The van der Waals surface area contributed by atoms with Crippen molar-refractivity contribution >= 4 is 13.5 Å². The summed E-state index contributed by atoms with van der Waals surface area (Å²) in [4.78, 5) is 4.81. The predicted molar refractivity (Wildman–Crippen MR) is 104 cm³/mol. The van der Waals surface area contributed by atoms with Gasteiger partial charge in [0, 0.05) is 12.4 Å². The first kappa shape index (κ1) is 17.2. The van der Waals surface area contributed by atoms with Gasteiger partial charge in [0.25, 0.3) is 0 Å². The van der Waals surface area contributed by atoms with Gasteiger partial charge in [0.15, 0.2) is 0 Å². The molecule has 25 heavy (non-hydrogen) atoms. The minimum atomic E-state index is -0.327. The molecule has 0 aliphatic heterocycles. The van der Waals surface area contributed by atoms with Gasteiger partial charge in [0.2, 0.25) is 0 Å². The van der Waals surface area contributed by atoms with Crippen LogP contribution in [0.3, 0.4) is 0 Å². The van der Waals surface area contributed by atoms with Gasteiger partial charge in [0.1, 0.15) is 11.4 Å². The molecule has 0 bridgehead atoms. The highest BCUT2D eigenvalue weighted by Crippen LogP contribution is 2.54. The fourth-order valence-electron chi connectivity index (χ4n) is 4.66. The Balaban J connectivity index is 1.72. The van der Waals surface area contributed by atoms with Crippen molar-refractivity contribution in [1.82, 2.24) is 9.55 Å². The third-order valence-corrected chi connectivity index (χ3v) is 9.30. The Morgan fingerprint density at radius 2 is 1.48 bits per heavy atom. The number of halogens is 1. The van der Waals surface area contributed by atoms with Crippen LogP contribution in [0, 0.1) is 5.82 Å². The molecule has 0 saturated heterocycles. The third kappa shape index (κ3) is 3.67. The highest BCUT2D eigenvalue weighted by molar-refractivity contribution is 7.66. The molecule has 0 N–H and O–H groups in total. The summed E-state index contributed by atoms with van der Waals surface area (Å²) < 4.78 is 16.5. The number of hydrogen-bond donors (Lipinski definition) is 0. The Morgan fingerprint density at radius 1 is 0.880 bits per heavy atom. The first-order valence-corrected chi connectivity index (χ1v) is 11.4. The first-order valence-electron chi connectivity index (χ1n) is 9.91. The molecule has 2 aliphatic carbocycles. The highest BCUT2D eigenvalue weighted by atomic mass is 31.1. The normalized spacial score (nSPS) is 20.2. The molecular formula is C21H28FN2P. The van der Waals surface area contributed by atoms with Crippen LogP contribution in [0.25, 0.3) is 5.69 Å². The molecule has 0 radical (unpaired) electrons. The first-order chi connectivity index (χ1) is 12.3. The average molecular weight is 358 g/mol. The van der Waals surface area contributed by atoms with Gasteiger partial charge >= 0.3 is 0 Å². The van der Waals surface area contributed by atoms with E-state index in [1.807, 2.05) is 24.5 Å². The van der Waals surface area contributed by atoms with Gasteiger partial charge in [0.05, 0.1) is 5.69 Å². The summed E-state index contributed by atoms with van der Waals surface area (Å²) in [6.07, 6.45) is 17.4. The van der Waals surface area contributed by atoms with Gasteiger partial charge in [-0.05, 0) is 57.1 Å². The molecule has 0 unspecified atom stereocenters. The SMILES string of the molecule is Fc1ccccc1-n1ccnc1P(C1CCCCC1)C1CCCCC1. The number of para-hydroxylation sites is 1. The molecule has 1 aromatic heterocycles. The molecule has 2 fully saturated rings. The van der Waals surface area contributed by atoms with Crippen LogP contribution in [0.1, 0.15) is 64.2 Å². The molecule has 2 saturated carbocycles. The highest BCUT2D eigenvalue weighted by Gasteiger charge is 2.35. The molecule has 2 aliphatic rings. The van der Waals surface area contributed by atoms with Gasteiger partial charge in [-0.2, -0.15) is 0 Å². The van der Waals surface area contributed by atoms with E-state index >= 15 is 0 Å². The van der Waals surface area contributed by atoms with E-state index in [1.165, 1.54) is 69.8 Å². The maximum Gasteiger partial charge on any atom is 0.147 e. The number of imidazole rings is 1. The molecule has 0 spiro atoms.